The molecule has 2 unspecified atom stereocenters. The summed E-state index contributed by atoms with van der Waals surface area (Å²) in [5, 5.41) is 17.6. The standard InChI is InChI=1S/C35H47ClN6O4/c1-23-19-25(20-24(2)32(23)36)21-29(33(43)40-13-8-27(9-14-40)39-17-11-37-12-18-39)31-22-28(10-16-42(31)35(45)46)41-15-7-26-5-3-4-6-30(26)38-34(41)44/h3-6,19-20,27-29,31,37H,7-18,21-22H2,1-2H3,(H,38,44)(H,45,46)/t28?,29?,31-/m1/s1. The normalized spacial score (nSPS) is 23.8. The Labute approximate surface area is 277 Å². The maximum atomic E-state index is 14.6. The number of carbonyl (C=O) groups excluding carboxylic acids is 2. The van der Waals surface area contributed by atoms with E-state index in [1.165, 1.54) is 4.90 Å². The van der Waals surface area contributed by atoms with Gasteiger partial charge in [-0.15, -0.1) is 0 Å². The van der Waals surface area contributed by atoms with Crippen molar-refractivity contribution in [1.82, 2.24) is 24.9 Å². The second-order valence-corrected chi connectivity index (χ2v) is 13.8. The Kier molecular flexibility index (Phi) is 10.1. The first-order chi connectivity index (χ1) is 22.2. The number of para-hydroxylation sites is 1. The molecule has 248 valence electrons. The highest BCUT2D eigenvalue weighted by Crippen LogP contribution is 2.34. The lowest BCUT2D eigenvalue weighted by molar-refractivity contribution is -0.140. The Bertz CT molecular complexity index is 1420. The highest BCUT2D eigenvalue weighted by molar-refractivity contribution is 6.32. The molecule has 2 aromatic rings. The zero-order valence-electron chi connectivity index (χ0n) is 27.0. The quantitative estimate of drug-likeness (QED) is 0.422. The predicted molar refractivity (Wildman–Crippen MR) is 180 cm³/mol. The summed E-state index contributed by atoms with van der Waals surface area (Å²) in [5.74, 6) is -0.574. The zero-order valence-corrected chi connectivity index (χ0v) is 27.8. The largest absolute Gasteiger partial charge is 0.465 e. The molecular formula is C35H47ClN6O4. The summed E-state index contributed by atoms with van der Waals surface area (Å²) in [5.41, 5.74) is 4.77. The van der Waals surface area contributed by atoms with Crippen molar-refractivity contribution in [2.24, 2.45) is 5.92 Å². The highest BCUT2D eigenvalue weighted by atomic mass is 35.5. The van der Waals surface area contributed by atoms with Gasteiger partial charge in [-0.2, -0.15) is 0 Å². The van der Waals surface area contributed by atoms with Crippen molar-refractivity contribution >= 4 is 35.3 Å². The minimum atomic E-state index is -1.02. The maximum absolute atomic E-state index is 14.6. The minimum Gasteiger partial charge on any atom is -0.465 e. The van der Waals surface area contributed by atoms with Crippen molar-refractivity contribution in [2.75, 3.05) is 57.7 Å². The van der Waals surface area contributed by atoms with Crippen molar-refractivity contribution in [2.45, 2.75) is 70.5 Å². The number of piperazine rings is 1. The molecule has 0 spiro atoms. The van der Waals surface area contributed by atoms with Gasteiger partial charge in [0.25, 0.3) is 0 Å². The third-order valence-corrected chi connectivity index (χ3v) is 11.2. The lowest BCUT2D eigenvalue weighted by atomic mass is 9.82. The van der Waals surface area contributed by atoms with Crippen LogP contribution in [0, 0.1) is 19.8 Å². The third-order valence-electron chi connectivity index (χ3n) is 10.6. The van der Waals surface area contributed by atoms with Gasteiger partial charge in [-0.3, -0.25) is 9.69 Å². The average Bonchev–Trinajstić information content (AvgIpc) is 3.24. The number of carbonyl (C=O) groups is 3. The van der Waals surface area contributed by atoms with Crippen LogP contribution in [0.25, 0.3) is 0 Å². The molecule has 6 rings (SSSR count). The summed E-state index contributed by atoms with van der Waals surface area (Å²) in [6, 6.07) is 11.4. The summed E-state index contributed by atoms with van der Waals surface area (Å²) in [6.45, 7) is 10.1. The third kappa shape index (κ3) is 6.99. The van der Waals surface area contributed by atoms with Crippen LogP contribution in [0.3, 0.4) is 0 Å². The lowest BCUT2D eigenvalue weighted by Gasteiger charge is -2.46. The molecular weight excluding hydrogens is 604 g/mol. The van der Waals surface area contributed by atoms with E-state index in [1.807, 2.05) is 60.0 Å². The second-order valence-electron chi connectivity index (χ2n) is 13.4. The van der Waals surface area contributed by atoms with Gasteiger partial charge in [0, 0.05) is 81.2 Å². The fraction of sp³-hybridized carbons (Fsp3) is 0.571. The van der Waals surface area contributed by atoms with Gasteiger partial charge in [0.05, 0.1) is 5.92 Å². The maximum Gasteiger partial charge on any atom is 0.407 e. The Morgan fingerprint density at radius 1 is 0.957 bits per heavy atom. The molecule has 4 aliphatic rings. The first kappa shape index (κ1) is 32.6. The highest BCUT2D eigenvalue weighted by Gasteiger charge is 2.44. The van der Waals surface area contributed by atoms with Gasteiger partial charge in [0.2, 0.25) is 5.91 Å². The summed E-state index contributed by atoms with van der Waals surface area (Å²) in [4.78, 5) is 48.7. The monoisotopic (exact) mass is 650 g/mol. The fourth-order valence-electron chi connectivity index (χ4n) is 8.15. The summed E-state index contributed by atoms with van der Waals surface area (Å²) >= 11 is 6.51. The van der Waals surface area contributed by atoms with E-state index in [4.69, 9.17) is 11.6 Å². The lowest BCUT2D eigenvalue weighted by Crippen LogP contribution is -2.59. The van der Waals surface area contributed by atoms with Crippen LogP contribution in [-0.4, -0.2) is 113 Å². The van der Waals surface area contributed by atoms with Gasteiger partial charge in [0.15, 0.2) is 0 Å². The van der Waals surface area contributed by atoms with E-state index in [2.05, 4.69) is 15.5 Å². The number of halogens is 1. The molecule has 4 heterocycles. The van der Waals surface area contributed by atoms with Gasteiger partial charge in [0.1, 0.15) is 0 Å². The van der Waals surface area contributed by atoms with Crippen LogP contribution in [0.2, 0.25) is 5.02 Å². The van der Waals surface area contributed by atoms with Crippen molar-refractivity contribution in [1.29, 1.82) is 0 Å². The van der Waals surface area contributed by atoms with E-state index < -0.39 is 18.1 Å². The first-order valence-corrected chi connectivity index (χ1v) is 17.2. The van der Waals surface area contributed by atoms with Gasteiger partial charge >= 0.3 is 12.1 Å². The molecule has 0 saturated carbocycles. The van der Waals surface area contributed by atoms with Gasteiger partial charge in [-0.05, 0) is 80.7 Å². The van der Waals surface area contributed by atoms with Crippen LogP contribution in [0.15, 0.2) is 36.4 Å². The number of aryl methyl sites for hydroxylation is 2. The van der Waals surface area contributed by atoms with Crippen LogP contribution in [0.4, 0.5) is 15.3 Å². The van der Waals surface area contributed by atoms with E-state index in [-0.39, 0.29) is 24.5 Å². The van der Waals surface area contributed by atoms with Crippen LogP contribution in [-0.2, 0) is 17.6 Å². The first-order valence-electron chi connectivity index (χ1n) is 16.8. The minimum absolute atomic E-state index is 0.00800. The number of hydrogen-bond donors (Lipinski definition) is 3. The molecule has 46 heavy (non-hydrogen) atoms. The SMILES string of the molecule is Cc1cc(CC(C(=O)N2CCC(N3CCNCC3)CC2)[C@H]2CC(N3CCc4ccccc4NC3=O)CCN2C(=O)O)cc(C)c1Cl. The number of urea groups is 1. The van der Waals surface area contributed by atoms with E-state index in [9.17, 15) is 19.5 Å². The van der Waals surface area contributed by atoms with Crippen molar-refractivity contribution in [3.8, 4) is 0 Å². The summed E-state index contributed by atoms with van der Waals surface area (Å²) in [7, 11) is 0. The number of rotatable bonds is 6. The topological polar surface area (TPSA) is 108 Å². The number of nitrogens with one attached hydrogen (secondary N) is 2. The number of hydrogen-bond acceptors (Lipinski definition) is 5. The van der Waals surface area contributed by atoms with Crippen LogP contribution < -0.4 is 10.6 Å². The molecule has 11 heteroatoms. The number of carboxylic acid groups (broad SMARTS) is 1. The van der Waals surface area contributed by atoms with E-state index in [0.29, 0.717) is 56.4 Å². The molecule has 3 saturated heterocycles. The van der Waals surface area contributed by atoms with Crippen molar-refractivity contribution < 1.29 is 19.5 Å². The number of nitrogens with zero attached hydrogens (tertiary/aromatic N) is 4. The van der Waals surface area contributed by atoms with Gasteiger partial charge < -0.3 is 30.4 Å². The Morgan fingerprint density at radius 3 is 2.33 bits per heavy atom. The van der Waals surface area contributed by atoms with Gasteiger partial charge in [-0.1, -0.05) is 41.9 Å². The summed E-state index contributed by atoms with van der Waals surface area (Å²) in [6.07, 6.45) is 2.89. The molecule has 3 N–H and O–H groups in total. The number of amides is 4. The molecule has 3 atom stereocenters. The number of anilines is 1. The molecule has 4 amide bonds. The molecule has 0 aromatic heterocycles. The van der Waals surface area contributed by atoms with E-state index in [0.717, 1.165) is 67.0 Å². The number of piperidine rings is 2. The number of benzene rings is 2. The smallest absolute Gasteiger partial charge is 0.407 e. The van der Waals surface area contributed by atoms with Crippen LogP contribution >= 0.6 is 11.6 Å². The average molecular weight is 651 g/mol. The van der Waals surface area contributed by atoms with Crippen molar-refractivity contribution in [3.05, 3.63) is 63.7 Å². The molecule has 10 nitrogen and oxygen atoms in total. The molecule has 0 radical (unpaired) electrons. The van der Waals surface area contributed by atoms with Gasteiger partial charge in [-0.25, -0.2) is 9.59 Å². The van der Waals surface area contributed by atoms with Crippen LogP contribution in [0.5, 0.6) is 0 Å². The van der Waals surface area contributed by atoms with Crippen LogP contribution in [0.1, 0.15) is 47.9 Å². The Hall–Kier alpha value is -3.34. The fourth-order valence-corrected chi connectivity index (χ4v) is 8.26. The molecule has 2 aromatic carbocycles. The molecule has 0 aliphatic carbocycles. The van der Waals surface area contributed by atoms with E-state index >= 15 is 0 Å². The molecule has 0 bridgehead atoms. The molecule has 3 fully saturated rings. The molecule has 4 aliphatic heterocycles. The second kappa shape index (κ2) is 14.2. The van der Waals surface area contributed by atoms with E-state index in [1.54, 1.807) is 0 Å². The zero-order chi connectivity index (χ0) is 32.4. The van der Waals surface area contributed by atoms with Crippen molar-refractivity contribution in [3.63, 3.8) is 0 Å². The number of fused-ring (bicyclic) bond motifs is 1. The predicted octanol–water partition coefficient (Wildman–Crippen LogP) is 4.61. The summed E-state index contributed by atoms with van der Waals surface area (Å²) < 4.78 is 0. The number of likely N-dealkylation sites (tertiary alicyclic amines) is 2. The Morgan fingerprint density at radius 2 is 1.63 bits per heavy atom. The Balaban J connectivity index is 1.26.